The predicted molar refractivity (Wildman–Crippen MR) is 175 cm³/mol. The number of fused-ring (bicyclic) bond motifs is 8. The van der Waals surface area contributed by atoms with Gasteiger partial charge in [0.15, 0.2) is 0 Å². The van der Waals surface area contributed by atoms with E-state index in [0.717, 1.165) is 11.2 Å². The van der Waals surface area contributed by atoms with Crippen molar-refractivity contribution in [2.45, 2.75) is 0 Å². The molecule has 0 radical (unpaired) electrons. The average Bonchev–Trinajstić information content (AvgIpc) is 3.43. The van der Waals surface area contributed by atoms with Gasteiger partial charge in [0.1, 0.15) is 11.2 Å². The minimum absolute atomic E-state index is 0.917. The van der Waals surface area contributed by atoms with Gasteiger partial charge in [-0.25, -0.2) is 0 Å². The summed E-state index contributed by atoms with van der Waals surface area (Å²) in [6, 6.07) is 52.5. The summed E-state index contributed by atoms with van der Waals surface area (Å²) in [5, 5.41) is 12.3. The lowest BCUT2D eigenvalue weighted by Gasteiger charge is -2.19. The average molecular weight is 521 g/mol. The Morgan fingerprint density at radius 2 is 0.756 bits per heavy atom. The molecule has 41 heavy (non-hydrogen) atoms. The van der Waals surface area contributed by atoms with E-state index >= 15 is 0 Å². The smallest absolute Gasteiger partial charge is 0.136 e. The van der Waals surface area contributed by atoms with Crippen LogP contribution < -0.4 is 0 Å². The third-order valence-corrected chi connectivity index (χ3v) is 8.65. The van der Waals surface area contributed by atoms with Gasteiger partial charge < -0.3 is 4.42 Å². The van der Waals surface area contributed by atoms with Gasteiger partial charge in [-0.1, -0.05) is 133 Å². The molecule has 9 rings (SSSR count). The lowest BCUT2D eigenvalue weighted by molar-refractivity contribution is 0.669. The fraction of sp³-hybridized carbons (Fsp3) is 0. The van der Waals surface area contributed by atoms with Crippen LogP contribution in [0.15, 0.2) is 150 Å². The highest BCUT2D eigenvalue weighted by atomic mass is 16.3. The molecule has 8 aromatic carbocycles. The molecule has 0 bridgehead atoms. The SMILES string of the molecule is c1ccc2c(-c3c4ccccc4c(-c4cccc5oc6ccc7ccccc7c6c45)c4ccccc34)cccc2c1. The maximum atomic E-state index is 6.49. The van der Waals surface area contributed by atoms with Gasteiger partial charge in [0.2, 0.25) is 0 Å². The fourth-order valence-corrected chi connectivity index (χ4v) is 6.95. The van der Waals surface area contributed by atoms with Crippen LogP contribution in [0.1, 0.15) is 0 Å². The van der Waals surface area contributed by atoms with E-state index in [2.05, 4.69) is 146 Å². The molecule has 0 aliphatic carbocycles. The van der Waals surface area contributed by atoms with Crippen molar-refractivity contribution in [3.8, 4) is 22.3 Å². The zero-order valence-electron chi connectivity index (χ0n) is 22.3. The van der Waals surface area contributed by atoms with Crippen LogP contribution in [0, 0.1) is 0 Å². The van der Waals surface area contributed by atoms with E-state index in [1.165, 1.54) is 76.1 Å². The van der Waals surface area contributed by atoms with Crippen molar-refractivity contribution in [3.05, 3.63) is 146 Å². The number of hydrogen-bond acceptors (Lipinski definition) is 1. The van der Waals surface area contributed by atoms with E-state index in [1.54, 1.807) is 0 Å². The van der Waals surface area contributed by atoms with Crippen LogP contribution in [0.2, 0.25) is 0 Å². The highest BCUT2D eigenvalue weighted by Crippen LogP contribution is 2.48. The second-order valence-electron chi connectivity index (χ2n) is 10.8. The molecular weight excluding hydrogens is 496 g/mol. The normalized spacial score (nSPS) is 11.9. The predicted octanol–water partition coefficient (Wildman–Crippen LogP) is 11.5. The maximum absolute atomic E-state index is 6.49. The van der Waals surface area contributed by atoms with Crippen LogP contribution in [0.4, 0.5) is 0 Å². The summed E-state index contributed by atoms with van der Waals surface area (Å²) < 4.78 is 6.49. The van der Waals surface area contributed by atoms with Crippen molar-refractivity contribution in [2.75, 3.05) is 0 Å². The second kappa shape index (κ2) is 8.55. The summed E-state index contributed by atoms with van der Waals surface area (Å²) in [7, 11) is 0. The monoisotopic (exact) mass is 520 g/mol. The summed E-state index contributed by atoms with van der Waals surface area (Å²) in [5.74, 6) is 0. The van der Waals surface area contributed by atoms with Gasteiger partial charge in [-0.15, -0.1) is 0 Å². The van der Waals surface area contributed by atoms with Crippen molar-refractivity contribution >= 4 is 65.0 Å². The third kappa shape index (κ3) is 3.18. The summed E-state index contributed by atoms with van der Waals surface area (Å²) in [4.78, 5) is 0. The van der Waals surface area contributed by atoms with Gasteiger partial charge >= 0.3 is 0 Å². The molecule has 0 aliphatic heterocycles. The van der Waals surface area contributed by atoms with E-state index < -0.39 is 0 Å². The summed E-state index contributed by atoms with van der Waals surface area (Å²) >= 11 is 0. The number of benzene rings is 8. The van der Waals surface area contributed by atoms with Gasteiger partial charge in [-0.2, -0.15) is 0 Å². The van der Waals surface area contributed by atoms with E-state index in [4.69, 9.17) is 4.42 Å². The zero-order chi connectivity index (χ0) is 26.9. The first-order valence-electron chi connectivity index (χ1n) is 14.1. The Morgan fingerprint density at radius 3 is 1.44 bits per heavy atom. The molecule has 1 heterocycles. The molecule has 1 nitrogen and oxygen atoms in total. The molecule has 0 spiro atoms. The quantitative estimate of drug-likeness (QED) is 0.207. The minimum Gasteiger partial charge on any atom is -0.456 e. The van der Waals surface area contributed by atoms with Crippen LogP contribution in [0.25, 0.3) is 87.3 Å². The Hall–Kier alpha value is -5.40. The van der Waals surface area contributed by atoms with Crippen molar-refractivity contribution in [3.63, 3.8) is 0 Å². The van der Waals surface area contributed by atoms with Crippen molar-refractivity contribution in [1.82, 2.24) is 0 Å². The third-order valence-electron chi connectivity index (χ3n) is 8.65. The zero-order valence-corrected chi connectivity index (χ0v) is 22.3. The van der Waals surface area contributed by atoms with Crippen LogP contribution >= 0.6 is 0 Å². The van der Waals surface area contributed by atoms with Crippen molar-refractivity contribution in [1.29, 1.82) is 0 Å². The second-order valence-corrected chi connectivity index (χ2v) is 10.8. The lowest BCUT2D eigenvalue weighted by atomic mass is 9.84. The highest BCUT2D eigenvalue weighted by molar-refractivity contribution is 6.29. The Kier molecular flexibility index (Phi) is 4.67. The minimum atomic E-state index is 0.917. The number of rotatable bonds is 2. The molecule has 9 aromatic rings. The van der Waals surface area contributed by atoms with Gasteiger partial charge in [0.25, 0.3) is 0 Å². The number of furan rings is 1. The van der Waals surface area contributed by atoms with E-state index in [1.807, 2.05) is 0 Å². The van der Waals surface area contributed by atoms with Crippen LogP contribution in [0.3, 0.4) is 0 Å². The van der Waals surface area contributed by atoms with E-state index in [0.29, 0.717) is 0 Å². The summed E-state index contributed by atoms with van der Waals surface area (Å²) in [6.45, 7) is 0. The molecule has 190 valence electrons. The van der Waals surface area contributed by atoms with Gasteiger partial charge in [-0.05, 0) is 77.5 Å². The molecule has 0 atom stereocenters. The molecule has 0 saturated carbocycles. The Balaban J connectivity index is 1.49. The Morgan fingerprint density at radius 1 is 0.293 bits per heavy atom. The van der Waals surface area contributed by atoms with E-state index in [9.17, 15) is 0 Å². The first-order chi connectivity index (χ1) is 20.4. The molecule has 0 aliphatic rings. The molecule has 0 unspecified atom stereocenters. The summed E-state index contributed by atoms with van der Waals surface area (Å²) in [6.07, 6.45) is 0. The lowest BCUT2D eigenvalue weighted by Crippen LogP contribution is -1.92. The van der Waals surface area contributed by atoms with E-state index in [-0.39, 0.29) is 0 Å². The van der Waals surface area contributed by atoms with Gasteiger partial charge in [0, 0.05) is 10.8 Å². The topological polar surface area (TPSA) is 13.1 Å². The summed E-state index contributed by atoms with van der Waals surface area (Å²) in [5.41, 5.74) is 6.84. The fourth-order valence-electron chi connectivity index (χ4n) is 6.95. The molecule has 1 heteroatoms. The number of hydrogen-bond donors (Lipinski definition) is 0. The largest absolute Gasteiger partial charge is 0.456 e. The van der Waals surface area contributed by atoms with Crippen LogP contribution in [0.5, 0.6) is 0 Å². The molecule has 1 aromatic heterocycles. The molecule has 0 saturated heterocycles. The molecule has 0 N–H and O–H groups in total. The first-order valence-corrected chi connectivity index (χ1v) is 14.1. The van der Waals surface area contributed by atoms with Crippen LogP contribution in [-0.4, -0.2) is 0 Å². The highest BCUT2D eigenvalue weighted by Gasteiger charge is 2.21. The van der Waals surface area contributed by atoms with Crippen molar-refractivity contribution < 1.29 is 4.42 Å². The Bertz CT molecular complexity index is 2410. The maximum Gasteiger partial charge on any atom is 0.136 e. The molecule has 0 amide bonds. The molecular formula is C40H24O. The van der Waals surface area contributed by atoms with Gasteiger partial charge in [-0.3, -0.25) is 0 Å². The van der Waals surface area contributed by atoms with Crippen molar-refractivity contribution in [2.24, 2.45) is 0 Å². The van der Waals surface area contributed by atoms with Gasteiger partial charge in [0.05, 0.1) is 0 Å². The standard InChI is InChI=1S/C40H24O/c1-3-14-27-25(11-1)13-9-20-29(27)37-30-16-5-7-18-32(30)38(33-19-8-6-17-31(33)37)34-21-10-22-35-40(34)39-28-15-4-2-12-26(28)23-24-36(39)41-35/h1-24H. The Labute approximate surface area is 236 Å². The van der Waals surface area contributed by atoms with Crippen LogP contribution in [-0.2, 0) is 0 Å². The molecule has 0 fully saturated rings. The first kappa shape index (κ1) is 22.4.